The van der Waals surface area contributed by atoms with E-state index < -0.39 is 12.1 Å². The Bertz CT molecular complexity index is 1010. The van der Waals surface area contributed by atoms with E-state index in [4.69, 9.17) is 14.9 Å². The number of hydrogen-bond donors (Lipinski definition) is 2. The number of halogens is 3. The SMILES string of the molecule is CN(C)C(=O)c1cc2c(nc1NCC1CC1)CCN(c1ccncn1)CC2.O=C(O)C(F)(F)F. The molecule has 2 aromatic heterocycles. The second-order valence-corrected chi connectivity index (χ2v) is 8.37. The molecule has 184 valence electrons. The molecule has 0 unspecified atom stereocenters. The second kappa shape index (κ2) is 10.7. The van der Waals surface area contributed by atoms with Crippen molar-refractivity contribution in [3.05, 3.63) is 41.5 Å². The summed E-state index contributed by atoms with van der Waals surface area (Å²) >= 11 is 0. The van der Waals surface area contributed by atoms with E-state index in [-0.39, 0.29) is 5.91 Å². The summed E-state index contributed by atoms with van der Waals surface area (Å²) in [5.74, 6) is -0.363. The highest BCUT2D eigenvalue weighted by Crippen LogP contribution is 2.30. The van der Waals surface area contributed by atoms with Gasteiger partial charge in [0.05, 0.1) is 5.56 Å². The fourth-order valence-electron chi connectivity index (χ4n) is 3.44. The summed E-state index contributed by atoms with van der Waals surface area (Å²) < 4.78 is 31.7. The molecule has 0 bridgehead atoms. The molecule has 2 N–H and O–H groups in total. The molecule has 1 fully saturated rings. The maximum absolute atomic E-state index is 12.7. The zero-order valence-corrected chi connectivity index (χ0v) is 19.0. The smallest absolute Gasteiger partial charge is 0.475 e. The number of pyridine rings is 1. The van der Waals surface area contributed by atoms with Gasteiger partial charge < -0.3 is 20.2 Å². The molecule has 12 heteroatoms. The van der Waals surface area contributed by atoms with E-state index in [1.165, 1.54) is 12.8 Å². The van der Waals surface area contributed by atoms with Gasteiger partial charge in [0.1, 0.15) is 18.0 Å². The highest BCUT2D eigenvalue weighted by atomic mass is 19.4. The molecule has 9 nitrogen and oxygen atoms in total. The number of carbonyl (C=O) groups is 2. The molecule has 1 saturated carbocycles. The molecule has 2 aromatic rings. The molecule has 0 radical (unpaired) electrons. The summed E-state index contributed by atoms with van der Waals surface area (Å²) in [5.41, 5.74) is 2.92. The highest BCUT2D eigenvalue weighted by molar-refractivity contribution is 5.98. The normalized spacial score (nSPS) is 15.4. The van der Waals surface area contributed by atoms with E-state index in [1.54, 1.807) is 31.5 Å². The number of aliphatic carboxylic acids is 1. The van der Waals surface area contributed by atoms with Crippen LogP contribution >= 0.6 is 0 Å². The summed E-state index contributed by atoms with van der Waals surface area (Å²) in [6.45, 7) is 2.61. The first-order chi connectivity index (χ1) is 16.1. The zero-order chi connectivity index (χ0) is 24.9. The van der Waals surface area contributed by atoms with Gasteiger partial charge in [-0.15, -0.1) is 0 Å². The van der Waals surface area contributed by atoms with Crippen LogP contribution in [0, 0.1) is 5.92 Å². The average molecular weight is 480 g/mol. The molecule has 1 aliphatic heterocycles. The van der Waals surface area contributed by atoms with Crippen molar-refractivity contribution in [1.82, 2.24) is 19.9 Å². The quantitative estimate of drug-likeness (QED) is 0.672. The summed E-state index contributed by atoms with van der Waals surface area (Å²) in [7, 11) is 3.57. The third-order valence-corrected chi connectivity index (χ3v) is 5.49. The van der Waals surface area contributed by atoms with E-state index in [0.717, 1.165) is 61.3 Å². The molecule has 1 aliphatic carbocycles. The van der Waals surface area contributed by atoms with Crippen molar-refractivity contribution in [2.45, 2.75) is 31.9 Å². The number of fused-ring (bicyclic) bond motifs is 1. The predicted octanol–water partition coefficient (Wildman–Crippen LogP) is 2.63. The molecule has 4 rings (SSSR count). The second-order valence-electron chi connectivity index (χ2n) is 8.37. The largest absolute Gasteiger partial charge is 0.490 e. The van der Waals surface area contributed by atoms with Crippen LogP contribution in [0.15, 0.2) is 24.7 Å². The van der Waals surface area contributed by atoms with E-state index in [1.807, 2.05) is 12.1 Å². The first-order valence-electron chi connectivity index (χ1n) is 10.9. The molecular formula is C22H27F3N6O3. The van der Waals surface area contributed by atoms with Crippen molar-refractivity contribution in [3.8, 4) is 0 Å². The Morgan fingerprint density at radius 3 is 2.47 bits per heavy atom. The lowest BCUT2D eigenvalue weighted by Crippen LogP contribution is -2.26. The third-order valence-electron chi connectivity index (χ3n) is 5.49. The highest BCUT2D eigenvalue weighted by Gasteiger charge is 2.38. The molecule has 3 heterocycles. The molecule has 34 heavy (non-hydrogen) atoms. The van der Waals surface area contributed by atoms with Crippen LogP contribution in [0.3, 0.4) is 0 Å². The van der Waals surface area contributed by atoms with Crippen molar-refractivity contribution in [2.24, 2.45) is 5.92 Å². The third kappa shape index (κ3) is 6.78. The maximum atomic E-state index is 12.7. The van der Waals surface area contributed by atoms with Gasteiger partial charge in [0.2, 0.25) is 0 Å². The Balaban J connectivity index is 0.000000406. The van der Waals surface area contributed by atoms with Gasteiger partial charge in [0.25, 0.3) is 5.91 Å². The number of rotatable bonds is 5. The van der Waals surface area contributed by atoms with E-state index in [2.05, 4.69) is 20.2 Å². The van der Waals surface area contributed by atoms with Crippen molar-refractivity contribution in [3.63, 3.8) is 0 Å². The molecule has 0 saturated heterocycles. The van der Waals surface area contributed by atoms with Crippen molar-refractivity contribution in [2.75, 3.05) is 43.9 Å². The van der Waals surface area contributed by atoms with E-state index in [0.29, 0.717) is 5.56 Å². The first-order valence-corrected chi connectivity index (χ1v) is 10.9. The molecule has 0 aromatic carbocycles. The Morgan fingerprint density at radius 1 is 1.24 bits per heavy atom. The van der Waals surface area contributed by atoms with Crippen LogP contribution in [-0.2, 0) is 17.6 Å². The first kappa shape index (κ1) is 25.2. The van der Waals surface area contributed by atoms with Gasteiger partial charge in [-0.25, -0.2) is 19.7 Å². The van der Waals surface area contributed by atoms with Crippen LogP contribution in [0.25, 0.3) is 0 Å². The number of carboxylic acid groups (broad SMARTS) is 1. The summed E-state index contributed by atoms with van der Waals surface area (Å²) in [4.78, 5) is 38.7. The van der Waals surface area contributed by atoms with Gasteiger partial charge in [-0.05, 0) is 42.9 Å². The van der Waals surface area contributed by atoms with Crippen LogP contribution in [0.2, 0.25) is 0 Å². The fraction of sp³-hybridized carbons (Fsp3) is 0.500. The maximum Gasteiger partial charge on any atom is 0.490 e. The lowest BCUT2D eigenvalue weighted by molar-refractivity contribution is -0.192. The lowest BCUT2D eigenvalue weighted by atomic mass is 10.0. The minimum Gasteiger partial charge on any atom is -0.475 e. The molecule has 0 atom stereocenters. The number of anilines is 2. The number of aromatic nitrogens is 3. The number of carboxylic acids is 1. The van der Waals surface area contributed by atoms with Gasteiger partial charge in [-0.2, -0.15) is 13.2 Å². The Labute approximate surface area is 195 Å². The lowest BCUT2D eigenvalue weighted by Gasteiger charge is -2.20. The number of nitrogens with one attached hydrogen (secondary N) is 1. The number of nitrogens with zero attached hydrogens (tertiary/aromatic N) is 5. The van der Waals surface area contributed by atoms with Crippen LogP contribution in [-0.4, -0.2) is 76.7 Å². The minimum absolute atomic E-state index is 0.000463. The number of hydrogen-bond acceptors (Lipinski definition) is 7. The number of carbonyl (C=O) groups excluding carboxylic acids is 1. The Morgan fingerprint density at radius 2 is 1.91 bits per heavy atom. The van der Waals surface area contributed by atoms with Gasteiger partial charge in [0.15, 0.2) is 0 Å². The monoisotopic (exact) mass is 480 g/mol. The van der Waals surface area contributed by atoms with Crippen molar-refractivity contribution in [1.29, 1.82) is 0 Å². The van der Waals surface area contributed by atoms with Gasteiger partial charge in [0, 0.05) is 52.0 Å². The summed E-state index contributed by atoms with van der Waals surface area (Å²) in [5, 5.41) is 10.6. The summed E-state index contributed by atoms with van der Waals surface area (Å²) in [6, 6.07) is 3.98. The Hall–Kier alpha value is -3.44. The van der Waals surface area contributed by atoms with E-state index in [9.17, 15) is 18.0 Å². The predicted molar refractivity (Wildman–Crippen MR) is 119 cm³/mol. The topological polar surface area (TPSA) is 112 Å². The standard InChI is InChI=1S/C20H26N6O.C2HF3O2/c1-25(2)20(27)16-11-15-6-9-26(18-5-8-21-13-23-18)10-7-17(15)24-19(16)22-12-14-3-4-14;3-2(4,5)1(6)7/h5,8,11,13-14H,3-4,6-7,9-10,12H2,1-2H3,(H,22,24);(H,6,7). The Kier molecular flexibility index (Phi) is 7.90. The van der Waals surface area contributed by atoms with Gasteiger partial charge in [-0.1, -0.05) is 0 Å². The van der Waals surface area contributed by atoms with Crippen LogP contribution < -0.4 is 10.2 Å². The fourth-order valence-corrected chi connectivity index (χ4v) is 3.44. The summed E-state index contributed by atoms with van der Waals surface area (Å²) in [6.07, 6.45) is 2.49. The molecule has 1 amide bonds. The van der Waals surface area contributed by atoms with E-state index >= 15 is 0 Å². The average Bonchev–Trinajstić information content (AvgIpc) is 3.63. The minimum atomic E-state index is -5.08. The van der Waals surface area contributed by atoms with Crippen LogP contribution in [0.5, 0.6) is 0 Å². The molecule has 0 spiro atoms. The molecular weight excluding hydrogens is 453 g/mol. The van der Waals surface area contributed by atoms with Gasteiger partial charge >= 0.3 is 12.1 Å². The molecule has 2 aliphatic rings. The van der Waals surface area contributed by atoms with Gasteiger partial charge in [-0.3, -0.25) is 4.79 Å². The van der Waals surface area contributed by atoms with Crippen LogP contribution in [0.4, 0.5) is 24.8 Å². The van der Waals surface area contributed by atoms with Crippen molar-refractivity contribution < 1.29 is 27.9 Å². The number of alkyl halides is 3. The van der Waals surface area contributed by atoms with Crippen LogP contribution in [0.1, 0.15) is 34.5 Å². The van der Waals surface area contributed by atoms with Crippen molar-refractivity contribution >= 4 is 23.5 Å². The number of amides is 1. The zero-order valence-electron chi connectivity index (χ0n) is 19.0.